The second-order valence-electron chi connectivity index (χ2n) is 8.54. The van der Waals surface area contributed by atoms with E-state index in [9.17, 15) is 4.79 Å². The van der Waals surface area contributed by atoms with Gasteiger partial charge in [0.1, 0.15) is 0 Å². The van der Waals surface area contributed by atoms with E-state index in [0.29, 0.717) is 6.42 Å². The molecule has 0 fully saturated rings. The van der Waals surface area contributed by atoms with Crippen LogP contribution in [0.1, 0.15) is 122 Å². The number of unbranched alkanes of at least 4 members (excludes halogenated alkanes) is 11. The summed E-state index contributed by atoms with van der Waals surface area (Å²) in [6.07, 6.45) is 24.0. The highest BCUT2D eigenvalue weighted by Gasteiger charge is 2.09. The van der Waals surface area contributed by atoms with Gasteiger partial charge in [-0.1, -0.05) is 102 Å². The molecule has 1 aromatic rings. The molecule has 1 aromatic carbocycles. The Labute approximate surface area is 186 Å². The summed E-state index contributed by atoms with van der Waals surface area (Å²) in [5.74, 6) is 0.170. The summed E-state index contributed by atoms with van der Waals surface area (Å²) in [6, 6.07) is 6.34. The fourth-order valence-electron chi connectivity index (χ4n) is 3.96. The number of amides is 1. The molecule has 0 saturated carbocycles. The van der Waals surface area contributed by atoms with E-state index in [1.807, 2.05) is 0 Å². The largest absolute Gasteiger partial charge is 0.326 e. The summed E-state index contributed by atoms with van der Waals surface area (Å²) in [5.41, 5.74) is 3.54. The number of para-hydroxylation sites is 1. The van der Waals surface area contributed by atoms with Crippen molar-refractivity contribution in [3.05, 3.63) is 41.5 Å². The lowest BCUT2D eigenvalue weighted by Crippen LogP contribution is -2.14. The molecule has 0 saturated heterocycles. The van der Waals surface area contributed by atoms with Crippen LogP contribution in [0, 0.1) is 0 Å². The monoisotopic (exact) mass is 413 g/mol. The number of benzene rings is 1. The Kier molecular flexibility index (Phi) is 16.1. The Morgan fingerprint density at radius 1 is 0.733 bits per heavy atom. The Balaban J connectivity index is 2.03. The standard InChI is InChI=1S/C28H47NO/c1-4-7-8-9-10-11-12-13-14-15-16-17-18-19-20-24-27(30)29-28-25(5-2)22-21-23-26(28)6-3/h13-14,21-23H,4-12,15-20,24H2,1-3H3,(H,29,30)/b14-13-. The molecule has 0 radical (unpaired) electrons. The van der Waals surface area contributed by atoms with E-state index in [1.165, 1.54) is 81.8 Å². The normalized spacial score (nSPS) is 11.3. The van der Waals surface area contributed by atoms with E-state index in [0.717, 1.165) is 31.4 Å². The lowest BCUT2D eigenvalue weighted by atomic mass is 10.0. The van der Waals surface area contributed by atoms with E-state index in [2.05, 4.69) is 56.4 Å². The maximum atomic E-state index is 12.4. The number of carbonyl (C=O) groups excluding carboxylic acids is 1. The second-order valence-corrected chi connectivity index (χ2v) is 8.54. The minimum Gasteiger partial charge on any atom is -0.326 e. The molecule has 0 aliphatic carbocycles. The van der Waals surface area contributed by atoms with Crippen LogP contribution in [0.25, 0.3) is 0 Å². The first-order chi connectivity index (χ1) is 14.7. The van der Waals surface area contributed by atoms with Gasteiger partial charge in [-0.05, 0) is 56.1 Å². The van der Waals surface area contributed by atoms with Crippen LogP contribution >= 0.6 is 0 Å². The third-order valence-corrected chi connectivity index (χ3v) is 5.93. The van der Waals surface area contributed by atoms with Crippen molar-refractivity contribution in [3.63, 3.8) is 0 Å². The lowest BCUT2D eigenvalue weighted by Gasteiger charge is -2.14. The molecule has 0 spiro atoms. The molecule has 0 bridgehead atoms. The number of rotatable bonds is 18. The highest BCUT2D eigenvalue weighted by Crippen LogP contribution is 2.23. The second kappa shape index (κ2) is 18.2. The molecular formula is C28H47NO. The van der Waals surface area contributed by atoms with Gasteiger partial charge >= 0.3 is 0 Å². The van der Waals surface area contributed by atoms with Gasteiger partial charge in [-0.15, -0.1) is 0 Å². The Hall–Kier alpha value is -1.57. The summed E-state index contributed by atoms with van der Waals surface area (Å²) in [6.45, 7) is 6.57. The molecule has 1 rings (SSSR count). The van der Waals surface area contributed by atoms with Crippen molar-refractivity contribution < 1.29 is 4.79 Å². The van der Waals surface area contributed by atoms with Gasteiger partial charge in [-0.25, -0.2) is 0 Å². The van der Waals surface area contributed by atoms with Gasteiger partial charge in [0, 0.05) is 12.1 Å². The van der Waals surface area contributed by atoms with Crippen LogP contribution in [0.15, 0.2) is 30.4 Å². The van der Waals surface area contributed by atoms with Crippen molar-refractivity contribution in [2.75, 3.05) is 5.32 Å². The summed E-state index contributed by atoms with van der Waals surface area (Å²) in [4.78, 5) is 12.4. The minimum absolute atomic E-state index is 0.170. The number of hydrogen-bond acceptors (Lipinski definition) is 1. The van der Waals surface area contributed by atoms with Crippen molar-refractivity contribution in [2.24, 2.45) is 0 Å². The summed E-state index contributed by atoms with van der Waals surface area (Å²) in [7, 11) is 0. The summed E-state index contributed by atoms with van der Waals surface area (Å²) in [5, 5.41) is 3.18. The lowest BCUT2D eigenvalue weighted by molar-refractivity contribution is -0.116. The predicted molar refractivity (Wildman–Crippen MR) is 133 cm³/mol. The molecule has 0 unspecified atom stereocenters. The van der Waals surface area contributed by atoms with E-state index >= 15 is 0 Å². The zero-order chi connectivity index (χ0) is 21.9. The maximum absolute atomic E-state index is 12.4. The van der Waals surface area contributed by atoms with E-state index in [-0.39, 0.29) is 5.91 Å². The first kappa shape index (κ1) is 26.5. The third kappa shape index (κ3) is 12.2. The van der Waals surface area contributed by atoms with Gasteiger partial charge in [-0.2, -0.15) is 0 Å². The Morgan fingerprint density at radius 2 is 1.23 bits per heavy atom. The van der Waals surface area contributed by atoms with Crippen molar-refractivity contribution >= 4 is 11.6 Å². The van der Waals surface area contributed by atoms with Gasteiger partial charge in [0.05, 0.1) is 0 Å². The molecule has 2 heteroatoms. The van der Waals surface area contributed by atoms with Crippen LogP contribution in [0.2, 0.25) is 0 Å². The molecule has 1 N–H and O–H groups in total. The number of allylic oxidation sites excluding steroid dienone is 2. The number of nitrogens with one attached hydrogen (secondary N) is 1. The van der Waals surface area contributed by atoms with Crippen molar-refractivity contribution in [3.8, 4) is 0 Å². The summed E-state index contributed by atoms with van der Waals surface area (Å²) < 4.78 is 0. The van der Waals surface area contributed by atoms with Crippen LogP contribution in [-0.2, 0) is 17.6 Å². The van der Waals surface area contributed by atoms with Gasteiger partial charge in [0.15, 0.2) is 0 Å². The average Bonchev–Trinajstić information content (AvgIpc) is 2.76. The van der Waals surface area contributed by atoms with Crippen LogP contribution in [0.3, 0.4) is 0 Å². The van der Waals surface area contributed by atoms with Crippen LogP contribution in [-0.4, -0.2) is 5.91 Å². The first-order valence-electron chi connectivity index (χ1n) is 12.8. The van der Waals surface area contributed by atoms with Gasteiger partial charge in [0.25, 0.3) is 0 Å². The molecule has 0 atom stereocenters. The Morgan fingerprint density at radius 3 is 1.77 bits per heavy atom. The zero-order valence-corrected chi connectivity index (χ0v) is 20.1. The van der Waals surface area contributed by atoms with Gasteiger partial charge < -0.3 is 5.32 Å². The SMILES string of the molecule is CCCCCCCC/C=C\CCCCCCCC(=O)Nc1c(CC)cccc1CC. The van der Waals surface area contributed by atoms with Crippen LogP contribution in [0.5, 0.6) is 0 Å². The topological polar surface area (TPSA) is 29.1 Å². The maximum Gasteiger partial charge on any atom is 0.224 e. The highest BCUT2D eigenvalue weighted by molar-refractivity contribution is 5.92. The van der Waals surface area contributed by atoms with Crippen molar-refractivity contribution in [1.29, 1.82) is 0 Å². The number of aryl methyl sites for hydroxylation is 2. The molecular weight excluding hydrogens is 366 g/mol. The minimum atomic E-state index is 0.170. The smallest absolute Gasteiger partial charge is 0.224 e. The molecule has 0 heterocycles. The fraction of sp³-hybridized carbons (Fsp3) is 0.679. The first-order valence-corrected chi connectivity index (χ1v) is 12.8. The number of anilines is 1. The van der Waals surface area contributed by atoms with E-state index in [1.54, 1.807) is 0 Å². The van der Waals surface area contributed by atoms with E-state index < -0.39 is 0 Å². The molecule has 2 nitrogen and oxygen atoms in total. The van der Waals surface area contributed by atoms with Crippen LogP contribution in [0.4, 0.5) is 5.69 Å². The fourth-order valence-corrected chi connectivity index (χ4v) is 3.96. The molecule has 0 aromatic heterocycles. The predicted octanol–water partition coefficient (Wildman–Crippen LogP) is 8.79. The molecule has 0 aliphatic heterocycles. The van der Waals surface area contributed by atoms with Gasteiger partial charge in [-0.3, -0.25) is 4.79 Å². The Bertz CT molecular complexity index is 568. The molecule has 1 amide bonds. The molecule has 0 aliphatic rings. The quantitative estimate of drug-likeness (QED) is 0.189. The summed E-state index contributed by atoms with van der Waals surface area (Å²) >= 11 is 0. The van der Waals surface area contributed by atoms with Crippen molar-refractivity contribution in [1.82, 2.24) is 0 Å². The number of hydrogen-bond donors (Lipinski definition) is 1. The van der Waals surface area contributed by atoms with Crippen molar-refractivity contribution in [2.45, 2.75) is 124 Å². The number of carbonyl (C=O) groups is 1. The molecule has 30 heavy (non-hydrogen) atoms. The third-order valence-electron chi connectivity index (χ3n) is 5.93. The van der Waals surface area contributed by atoms with E-state index in [4.69, 9.17) is 0 Å². The van der Waals surface area contributed by atoms with Crippen LogP contribution < -0.4 is 5.32 Å². The highest BCUT2D eigenvalue weighted by atomic mass is 16.1. The molecule has 170 valence electrons. The average molecular weight is 414 g/mol. The zero-order valence-electron chi connectivity index (χ0n) is 20.1. The van der Waals surface area contributed by atoms with Gasteiger partial charge in [0.2, 0.25) is 5.91 Å².